The molecule has 1 rings (SSSR count). The molecule has 2 nitrogen and oxygen atoms in total. The van der Waals surface area contributed by atoms with Gasteiger partial charge in [0.1, 0.15) is 0 Å². The van der Waals surface area contributed by atoms with Crippen LogP contribution in [0.1, 0.15) is 25.8 Å². The number of hydrogen-bond donors (Lipinski definition) is 1. The minimum atomic E-state index is -0.338. The van der Waals surface area contributed by atoms with Crippen molar-refractivity contribution in [1.29, 1.82) is 0 Å². The summed E-state index contributed by atoms with van der Waals surface area (Å²) in [7, 11) is 0. The summed E-state index contributed by atoms with van der Waals surface area (Å²) in [5.74, 6) is -0.0439. The smallest absolute Gasteiger partial charge is 0.169 e. The van der Waals surface area contributed by atoms with E-state index in [-0.39, 0.29) is 18.5 Å². The van der Waals surface area contributed by atoms with Crippen LogP contribution in [0.4, 0.5) is 4.39 Å². The predicted octanol–water partition coefficient (Wildman–Crippen LogP) is 2.46. The molecule has 0 amide bonds. The largest absolute Gasteiger partial charge is 0.488 e. The Morgan fingerprint density at radius 1 is 1.50 bits per heavy atom. The molecule has 0 aliphatic carbocycles. The fourth-order valence-electron chi connectivity index (χ4n) is 1.10. The van der Waals surface area contributed by atoms with Gasteiger partial charge in [0.2, 0.25) is 0 Å². The molecule has 0 bridgehead atoms. The highest BCUT2D eigenvalue weighted by molar-refractivity contribution is 5.31. The van der Waals surface area contributed by atoms with Crippen LogP contribution in [0.25, 0.3) is 0 Å². The van der Waals surface area contributed by atoms with Crippen molar-refractivity contribution in [2.45, 2.75) is 32.9 Å². The molecule has 2 N–H and O–H groups in total. The fourth-order valence-corrected chi connectivity index (χ4v) is 1.10. The first-order valence-electron chi connectivity index (χ1n) is 4.83. The average Bonchev–Trinajstić information content (AvgIpc) is 2.21. The van der Waals surface area contributed by atoms with E-state index in [9.17, 15) is 4.39 Å². The van der Waals surface area contributed by atoms with Gasteiger partial charge in [-0.2, -0.15) is 0 Å². The molecule has 14 heavy (non-hydrogen) atoms. The monoisotopic (exact) mass is 197 g/mol. The Labute approximate surface area is 83.9 Å². The highest BCUT2D eigenvalue weighted by Crippen LogP contribution is 2.21. The number of rotatable bonds is 4. The molecule has 0 saturated heterocycles. The zero-order valence-electron chi connectivity index (χ0n) is 8.59. The molecule has 1 aromatic rings. The summed E-state index contributed by atoms with van der Waals surface area (Å²) in [5.41, 5.74) is 5.88. The van der Waals surface area contributed by atoms with E-state index in [2.05, 4.69) is 0 Å². The molecule has 0 aromatic heterocycles. The Kier molecular flexibility index (Phi) is 3.89. The molecule has 1 atom stereocenters. The van der Waals surface area contributed by atoms with Crippen molar-refractivity contribution in [3.8, 4) is 5.75 Å². The first-order valence-corrected chi connectivity index (χ1v) is 4.83. The summed E-state index contributed by atoms with van der Waals surface area (Å²) in [6, 6.07) is 5.04. The van der Waals surface area contributed by atoms with Crippen molar-refractivity contribution < 1.29 is 9.13 Å². The van der Waals surface area contributed by atoms with Gasteiger partial charge in [0.15, 0.2) is 11.6 Å². The Balaban J connectivity index is 2.86. The normalized spacial score (nSPS) is 12.6. The van der Waals surface area contributed by atoms with Crippen LogP contribution in [0.15, 0.2) is 18.2 Å². The first kappa shape index (κ1) is 11.0. The minimum absolute atomic E-state index is 0.0255. The molecule has 1 aromatic carbocycles. The molecular weight excluding hydrogens is 181 g/mol. The Morgan fingerprint density at radius 2 is 2.21 bits per heavy atom. The molecular formula is C11H16FNO. The summed E-state index contributed by atoms with van der Waals surface area (Å²) >= 11 is 0. The molecule has 0 unspecified atom stereocenters. The molecule has 3 heteroatoms. The first-order chi connectivity index (χ1) is 6.69. The van der Waals surface area contributed by atoms with E-state index in [1.807, 2.05) is 13.8 Å². The van der Waals surface area contributed by atoms with Gasteiger partial charge >= 0.3 is 0 Å². The van der Waals surface area contributed by atoms with E-state index < -0.39 is 0 Å². The molecule has 0 saturated carbocycles. The quantitative estimate of drug-likeness (QED) is 0.804. The van der Waals surface area contributed by atoms with Crippen molar-refractivity contribution in [2.75, 3.05) is 0 Å². The van der Waals surface area contributed by atoms with E-state index >= 15 is 0 Å². The van der Waals surface area contributed by atoms with Crippen LogP contribution < -0.4 is 10.5 Å². The maximum atomic E-state index is 13.6. The number of nitrogens with two attached hydrogens (primary N) is 1. The SMILES string of the molecule is CC[C@@H](C)Oc1cccc(CN)c1F. The summed E-state index contributed by atoms with van der Waals surface area (Å²) in [5, 5.41) is 0. The van der Waals surface area contributed by atoms with Crippen LogP contribution in [0.5, 0.6) is 5.75 Å². The summed E-state index contributed by atoms with van der Waals surface area (Å²) in [6.45, 7) is 4.10. The summed E-state index contributed by atoms with van der Waals surface area (Å²) < 4.78 is 19.0. The third-order valence-electron chi connectivity index (χ3n) is 2.17. The Bertz CT molecular complexity index is 301. The van der Waals surface area contributed by atoms with E-state index in [1.165, 1.54) is 0 Å². The fraction of sp³-hybridized carbons (Fsp3) is 0.455. The lowest BCUT2D eigenvalue weighted by Gasteiger charge is -2.14. The van der Waals surface area contributed by atoms with E-state index in [0.29, 0.717) is 11.3 Å². The van der Waals surface area contributed by atoms with Crippen molar-refractivity contribution in [3.05, 3.63) is 29.6 Å². The van der Waals surface area contributed by atoms with Crippen LogP contribution >= 0.6 is 0 Å². The number of hydrogen-bond acceptors (Lipinski definition) is 2. The van der Waals surface area contributed by atoms with Gasteiger partial charge in [-0.1, -0.05) is 19.1 Å². The second kappa shape index (κ2) is 4.96. The molecule has 78 valence electrons. The average molecular weight is 197 g/mol. The van der Waals surface area contributed by atoms with Crippen LogP contribution in [-0.4, -0.2) is 6.10 Å². The maximum Gasteiger partial charge on any atom is 0.169 e. The Morgan fingerprint density at radius 3 is 2.79 bits per heavy atom. The lowest BCUT2D eigenvalue weighted by atomic mass is 10.2. The molecule has 0 radical (unpaired) electrons. The van der Waals surface area contributed by atoms with Crippen molar-refractivity contribution >= 4 is 0 Å². The molecule has 0 aliphatic rings. The lowest BCUT2D eigenvalue weighted by molar-refractivity contribution is 0.207. The van der Waals surface area contributed by atoms with Gasteiger partial charge < -0.3 is 10.5 Å². The van der Waals surface area contributed by atoms with Crippen molar-refractivity contribution in [1.82, 2.24) is 0 Å². The molecule has 0 aliphatic heterocycles. The van der Waals surface area contributed by atoms with Crippen molar-refractivity contribution in [2.24, 2.45) is 5.73 Å². The van der Waals surface area contributed by atoms with Gasteiger partial charge in [0.25, 0.3) is 0 Å². The zero-order valence-corrected chi connectivity index (χ0v) is 8.59. The number of halogens is 1. The van der Waals surface area contributed by atoms with Crippen LogP contribution in [0.3, 0.4) is 0 Å². The van der Waals surface area contributed by atoms with Crippen LogP contribution in [-0.2, 0) is 6.54 Å². The second-order valence-electron chi connectivity index (χ2n) is 3.27. The third-order valence-corrected chi connectivity index (χ3v) is 2.17. The van der Waals surface area contributed by atoms with Gasteiger partial charge in [-0.05, 0) is 19.4 Å². The van der Waals surface area contributed by atoms with Crippen LogP contribution in [0.2, 0.25) is 0 Å². The highest BCUT2D eigenvalue weighted by atomic mass is 19.1. The third kappa shape index (κ3) is 2.45. The Hall–Kier alpha value is -1.09. The number of ether oxygens (including phenoxy) is 1. The van der Waals surface area contributed by atoms with Gasteiger partial charge in [0, 0.05) is 12.1 Å². The standard InChI is InChI=1S/C11H16FNO/c1-3-8(2)14-10-6-4-5-9(7-13)11(10)12/h4-6,8H,3,7,13H2,1-2H3/t8-/m1/s1. The van der Waals surface area contributed by atoms with Gasteiger partial charge in [0.05, 0.1) is 6.10 Å². The summed E-state index contributed by atoms with van der Waals surface area (Å²) in [6.07, 6.45) is 0.879. The second-order valence-corrected chi connectivity index (χ2v) is 3.27. The topological polar surface area (TPSA) is 35.2 Å². The minimum Gasteiger partial charge on any atom is -0.488 e. The van der Waals surface area contributed by atoms with Crippen LogP contribution in [0, 0.1) is 5.82 Å². The highest BCUT2D eigenvalue weighted by Gasteiger charge is 2.09. The molecule has 0 spiro atoms. The van der Waals surface area contributed by atoms with Gasteiger partial charge in [-0.3, -0.25) is 0 Å². The van der Waals surface area contributed by atoms with Gasteiger partial charge in [-0.25, -0.2) is 4.39 Å². The van der Waals surface area contributed by atoms with Gasteiger partial charge in [-0.15, -0.1) is 0 Å². The molecule has 0 fully saturated rings. The molecule has 0 heterocycles. The van der Waals surface area contributed by atoms with E-state index in [4.69, 9.17) is 10.5 Å². The summed E-state index contributed by atoms with van der Waals surface area (Å²) in [4.78, 5) is 0. The number of benzene rings is 1. The maximum absolute atomic E-state index is 13.6. The predicted molar refractivity (Wildman–Crippen MR) is 54.7 cm³/mol. The van der Waals surface area contributed by atoms with E-state index in [1.54, 1.807) is 18.2 Å². The van der Waals surface area contributed by atoms with Crippen molar-refractivity contribution in [3.63, 3.8) is 0 Å². The zero-order chi connectivity index (χ0) is 10.6. The van der Waals surface area contributed by atoms with E-state index in [0.717, 1.165) is 6.42 Å². The lowest BCUT2D eigenvalue weighted by Crippen LogP contribution is -2.12.